The van der Waals surface area contributed by atoms with Crippen LogP contribution in [0.25, 0.3) is 17.3 Å². The van der Waals surface area contributed by atoms with E-state index < -0.39 is 0 Å². The largest absolute Gasteiger partial charge is 0.289 e. The third kappa shape index (κ3) is 2.60. The molecule has 0 radical (unpaired) electrons. The fraction of sp³-hybridized carbons (Fsp3) is 0.0526. The average Bonchev–Trinajstić information content (AvgIpc) is 3.15. The molecule has 0 bridgehead atoms. The zero-order valence-corrected chi connectivity index (χ0v) is 13.0. The van der Waals surface area contributed by atoms with Gasteiger partial charge in [0.15, 0.2) is 5.78 Å². The highest BCUT2D eigenvalue weighted by Gasteiger charge is 2.24. The predicted molar refractivity (Wildman–Crippen MR) is 91.5 cm³/mol. The molecule has 0 saturated carbocycles. The van der Waals surface area contributed by atoms with Gasteiger partial charge in [0.2, 0.25) is 0 Å². The summed E-state index contributed by atoms with van der Waals surface area (Å²) in [6.07, 6.45) is 2.55. The fourth-order valence-corrected chi connectivity index (χ4v) is 2.96. The van der Waals surface area contributed by atoms with Gasteiger partial charge in [0.1, 0.15) is 0 Å². The van der Waals surface area contributed by atoms with Gasteiger partial charge < -0.3 is 0 Å². The molecule has 0 saturated heterocycles. The summed E-state index contributed by atoms with van der Waals surface area (Å²) in [4.78, 5) is 12.4. The molecule has 112 valence electrons. The summed E-state index contributed by atoms with van der Waals surface area (Å²) in [5, 5.41) is 7.99. The highest BCUT2D eigenvalue weighted by Crippen LogP contribution is 2.28. The van der Waals surface area contributed by atoms with Crippen molar-refractivity contribution in [3.8, 4) is 11.3 Å². The molecule has 4 heteroatoms. The Morgan fingerprint density at radius 1 is 1.09 bits per heavy atom. The minimum Gasteiger partial charge on any atom is -0.289 e. The van der Waals surface area contributed by atoms with E-state index in [2.05, 4.69) is 10.2 Å². The zero-order valence-electron chi connectivity index (χ0n) is 12.2. The van der Waals surface area contributed by atoms with Crippen molar-refractivity contribution in [2.45, 2.75) is 6.42 Å². The first-order valence-electron chi connectivity index (χ1n) is 7.35. The molecule has 23 heavy (non-hydrogen) atoms. The molecule has 0 fully saturated rings. The first kappa shape index (κ1) is 14.0. The highest BCUT2D eigenvalue weighted by molar-refractivity contribution is 6.30. The van der Waals surface area contributed by atoms with Crippen LogP contribution in [0.3, 0.4) is 0 Å². The van der Waals surface area contributed by atoms with Gasteiger partial charge in [-0.1, -0.05) is 48.0 Å². The molecule has 0 unspecified atom stereocenters. The Hall–Kier alpha value is -2.65. The summed E-state index contributed by atoms with van der Waals surface area (Å²) in [5.41, 5.74) is 5.31. The van der Waals surface area contributed by atoms with Gasteiger partial charge >= 0.3 is 0 Å². The van der Waals surface area contributed by atoms with E-state index in [4.69, 9.17) is 11.6 Å². The van der Waals surface area contributed by atoms with Crippen LogP contribution >= 0.6 is 11.6 Å². The van der Waals surface area contributed by atoms with Gasteiger partial charge in [0.05, 0.1) is 11.4 Å². The van der Waals surface area contributed by atoms with E-state index in [1.807, 2.05) is 60.7 Å². The van der Waals surface area contributed by atoms with E-state index in [-0.39, 0.29) is 5.78 Å². The summed E-state index contributed by atoms with van der Waals surface area (Å²) >= 11 is 5.90. The van der Waals surface area contributed by atoms with Gasteiger partial charge in [0.25, 0.3) is 0 Å². The van der Waals surface area contributed by atoms with Crippen molar-refractivity contribution in [3.63, 3.8) is 0 Å². The number of aromatic amines is 1. The van der Waals surface area contributed by atoms with Gasteiger partial charge in [0, 0.05) is 28.1 Å². The number of fused-ring (bicyclic) bond motifs is 1. The van der Waals surface area contributed by atoms with Crippen molar-refractivity contribution in [2.75, 3.05) is 0 Å². The second-order valence-electron chi connectivity index (χ2n) is 5.55. The Bertz CT molecular complexity index is 923. The van der Waals surface area contributed by atoms with Crippen molar-refractivity contribution < 1.29 is 4.79 Å². The van der Waals surface area contributed by atoms with Crippen molar-refractivity contribution in [1.29, 1.82) is 0 Å². The number of carbonyl (C=O) groups is 1. The molecule has 1 aromatic heterocycles. The molecule has 2 aromatic carbocycles. The van der Waals surface area contributed by atoms with Gasteiger partial charge in [-0.2, -0.15) is 5.10 Å². The number of H-pyrrole nitrogens is 1. The lowest BCUT2D eigenvalue weighted by Crippen LogP contribution is -1.94. The Balaban J connectivity index is 1.64. The van der Waals surface area contributed by atoms with E-state index in [0.29, 0.717) is 11.4 Å². The number of hydrogen-bond donors (Lipinski definition) is 1. The fourth-order valence-electron chi connectivity index (χ4n) is 2.84. The molecule has 3 nitrogen and oxygen atoms in total. The lowest BCUT2D eigenvalue weighted by molar-refractivity contribution is 0.104. The van der Waals surface area contributed by atoms with E-state index in [9.17, 15) is 4.79 Å². The number of aromatic nitrogens is 2. The monoisotopic (exact) mass is 320 g/mol. The standard InChI is InChI=1S/C19H13ClN2O/c20-15-7-5-12(6-8-15)18-11-16(21-22-18)10-14-9-13-3-1-2-4-17(13)19(14)23/h1-8,10-11H,9H2,(H,21,22)/b14-10+. The third-order valence-corrected chi connectivity index (χ3v) is 4.25. The molecule has 1 aliphatic carbocycles. The predicted octanol–water partition coefficient (Wildman–Crippen LogP) is 4.55. The topological polar surface area (TPSA) is 45.8 Å². The third-order valence-electron chi connectivity index (χ3n) is 4.00. The summed E-state index contributed by atoms with van der Waals surface area (Å²) in [6, 6.07) is 17.2. The lowest BCUT2D eigenvalue weighted by atomic mass is 10.1. The maximum atomic E-state index is 12.4. The van der Waals surface area contributed by atoms with Crippen LogP contribution in [0.1, 0.15) is 21.6 Å². The Labute approximate surface area is 138 Å². The van der Waals surface area contributed by atoms with Crippen molar-refractivity contribution >= 4 is 23.5 Å². The number of halogens is 1. The molecule has 4 rings (SSSR count). The first-order chi connectivity index (χ1) is 11.2. The molecule has 1 N–H and O–H groups in total. The Morgan fingerprint density at radius 3 is 2.65 bits per heavy atom. The molecule has 0 spiro atoms. The molecule has 0 atom stereocenters. The van der Waals surface area contributed by atoms with Crippen LogP contribution in [0.5, 0.6) is 0 Å². The first-order valence-corrected chi connectivity index (χ1v) is 7.73. The summed E-state index contributed by atoms with van der Waals surface area (Å²) in [7, 11) is 0. The van der Waals surface area contributed by atoms with E-state index >= 15 is 0 Å². The summed E-state index contributed by atoms with van der Waals surface area (Å²) in [5.74, 6) is 0.100. The molecule has 0 aliphatic heterocycles. The number of carbonyl (C=O) groups excluding carboxylic acids is 1. The van der Waals surface area contributed by atoms with E-state index in [1.165, 1.54) is 0 Å². The van der Waals surface area contributed by atoms with Gasteiger partial charge in [-0.25, -0.2) is 0 Å². The highest BCUT2D eigenvalue weighted by atomic mass is 35.5. The molecular weight excluding hydrogens is 308 g/mol. The van der Waals surface area contributed by atoms with Gasteiger partial charge in [-0.15, -0.1) is 0 Å². The molecule has 0 amide bonds. The Morgan fingerprint density at radius 2 is 1.87 bits per heavy atom. The van der Waals surface area contributed by atoms with Crippen LogP contribution in [0.2, 0.25) is 5.02 Å². The minimum atomic E-state index is 0.100. The maximum absolute atomic E-state index is 12.4. The van der Waals surface area contributed by atoms with Crippen LogP contribution in [-0.4, -0.2) is 16.0 Å². The maximum Gasteiger partial charge on any atom is 0.189 e. The van der Waals surface area contributed by atoms with E-state index in [0.717, 1.165) is 33.7 Å². The zero-order chi connectivity index (χ0) is 15.8. The quantitative estimate of drug-likeness (QED) is 0.704. The summed E-state index contributed by atoms with van der Waals surface area (Å²) in [6.45, 7) is 0. The molecular formula is C19H13ClN2O. The summed E-state index contributed by atoms with van der Waals surface area (Å²) < 4.78 is 0. The molecule has 1 heterocycles. The van der Waals surface area contributed by atoms with Gasteiger partial charge in [-0.3, -0.25) is 9.89 Å². The lowest BCUT2D eigenvalue weighted by Gasteiger charge is -1.95. The van der Waals surface area contributed by atoms with Crippen LogP contribution in [-0.2, 0) is 6.42 Å². The van der Waals surface area contributed by atoms with Crippen molar-refractivity contribution in [1.82, 2.24) is 10.2 Å². The number of Topliss-reactive ketones (excluding diaryl/α,β-unsaturated/α-hetero) is 1. The second kappa shape index (κ2) is 5.52. The number of rotatable bonds is 2. The number of nitrogens with zero attached hydrogens (tertiary/aromatic N) is 1. The van der Waals surface area contributed by atoms with Crippen LogP contribution < -0.4 is 0 Å². The minimum absolute atomic E-state index is 0.100. The van der Waals surface area contributed by atoms with Crippen molar-refractivity contribution in [3.05, 3.63) is 82.0 Å². The van der Waals surface area contributed by atoms with Crippen LogP contribution in [0, 0.1) is 0 Å². The molecule has 3 aromatic rings. The second-order valence-corrected chi connectivity index (χ2v) is 5.98. The number of ketones is 1. The average molecular weight is 321 g/mol. The SMILES string of the molecule is O=C1/C(=C/c2cc(-c3ccc(Cl)cc3)n[nH]2)Cc2ccccc21. The van der Waals surface area contributed by atoms with E-state index in [1.54, 1.807) is 0 Å². The smallest absolute Gasteiger partial charge is 0.189 e. The Kier molecular flexibility index (Phi) is 3.36. The normalized spacial score (nSPS) is 15.2. The number of hydrogen-bond acceptors (Lipinski definition) is 2. The van der Waals surface area contributed by atoms with Crippen LogP contribution in [0.15, 0.2) is 60.2 Å². The number of benzene rings is 2. The van der Waals surface area contributed by atoms with Crippen molar-refractivity contribution in [2.24, 2.45) is 0 Å². The number of nitrogens with one attached hydrogen (secondary N) is 1. The molecule has 1 aliphatic rings. The van der Waals surface area contributed by atoms with Crippen LogP contribution in [0.4, 0.5) is 0 Å². The van der Waals surface area contributed by atoms with Gasteiger partial charge in [-0.05, 0) is 29.8 Å². The number of allylic oxidation sites excluding steroid dienone is 1.